The van der Waals surface area contributed by atoms with Crippen molar-refractivity contribution in [2.45, 2.75) is 112 Å². The molecular weight excluding hydrogens is 1740 g/mol. The molecule has 0 fully saturated rings. The van der Waals surface area contributed by atoms with Crippen molar-refractivity contribution >= 4 is 251 Å². The van der Waals surface area contributed by atoms with E-state index < -0.39 is 0 Å². The fraction of sp³-hybridized carbons (Fsp3) is 0.175. The second kappa shape index (κ2) is 27.2. The Morgan fingerprint density at radius 3 is 1.14 bits per heavy atom. The molecule has 93 heavy (non-hydrogen) atoms. The molecule has 4 heterocycles. The van der Waals surface area contributed by atoms with Crippen molar-refractivity contribution in [1.82, 2.24) is 0 Å². The minimum Gasteiger partial charge on any atom is -0.311 e. The highest BCUT2D eigenvalue weighted by atomic mass is 127. The maximum Gasteiger partial charge on any atom is 0.250 e. The van der Waals surface area contributed by atoms with Crippen molar-refractivity contribution in [3.8, 4) is 0 Å². The lowest BCUT2D eigenvalue weighted by Gasteiger charge is -2.45. The van der Waals surface area contributed by atoms with Crippen LogP contribution < -0.4 is 52.4 Å². The van der Waals surface area contributed by atoms with Crippen molar-refractivity contribution in [3.05, 3.63) is 252 Å². The molecule has 0 amide bonds. The van der Waals surface area contributed by atoms with Crippen LogP contribution in [0.15, 0.2) is 226 Å². The van der Waals surface area contributed by atoms with Crippen LogP contribution in [0, 0.1) is 31.7 Å². The summed E-state index contributed by atoms with van der Waals surface area (Å²) in [6, 6.07) is 80.9. The largest absolute Gasteiger partial charge is 0.311 e. The Morgan fingerprint density at radius 1 is 0.344 bits per heavy atom. The number of benzene rings is 11. The van der Waals surface area contributed by atoms with E-state index in [0.29, 0.717) is 0 Å². The van der Waals surface area contributed by atoms with Crippen LogP contribution in [0.25, 0.3) is 0 Å². The van der Waals surface area contributed by atoms with E-state index in [1.54, 1.807) is 0 Å². The Morgan fingerprint density at radius 2 is 0.710 bits per heavy atom. The summed E-state index contributed by atoms with van der Waals surface area (Å²) in [4.78, 5) is 15.6. The topological polar surface area (TPSA) is 13.0 Å². The number of hydrogen-bond acceptors (Lipinski definition) is 6. The maximum atomic E-state index is 2.72. The van der Waals surface area contributed by atoms with Crippen LogP contribution in [0.4, 0.5) is 68.2 Å². The first kappa shape index (κ1) is 64.1. The number of hydrogen-bond donors (Lipinski definition) is 0. The van der Waals surface area contributed by atoms with Gasteiger partial charge in [-0.3, -0.25) is 0 Å². The van der Waals surface area contributed by atoms with Crippen LogP contribution in [-0.2, 0) is 19.3 Å². The van der Waals surface area contributed by atoms with Crippen LogP contribution in [0.5, 0.6) is 0 Å². The summed E-state index contributed by atoms with van der Waals surface area (Å²) in [7, 11) is 0. The van der Waals surface area contributed by atoms with Gasteiger partial charge in [0.1, 0.15) is 0 Å². The van der Waals surface area contributed by atoms with E-state index in [1.165, 1.54) is 146 Å². The molecular formula is C80H67B2I5N4S2. The van der Waals surface area contributed by atoms with Gasteiger partial charge >= 0.3 is 0 Å². The first-order valence-electron chi connectivity index (χ1n) is 32.6. The Labute approximate surface area is 626 Å². The second-order valence-corrected chi connectivity index (χ2v) is 33.5. The molecule has 15 rings (SSSR count). The number of anilines is 12. The third-order valence-corrected chi connectivity index (χ3v) is 24.9. The average Bonchev–Trinajstić information content (AvgIpc) is 0.690. The van der Waals surface area contributed by atoms with Gasteiger partial charge in [-0.05, 0) is 385 Å². The summed E-state index contributed by atoms with van der Waals surface area (Å²) in [6.45, 7) is 11.4. The molecule has 0 aromatic heterocycles. The summed E-state index contributed by atoms with van der Waals surface area (Å²) < 4.78 is 6.15. The van der Waals surface area contributed by atoms with Gasteiger partial charge in [-0.15, -0.1) is 0 Å². The molecule has 0 spiro atoms. The molecule has 0 N–H and O–H groups in total. The Balaban J connectivity index is 1.03. The number of unbranched alkanes of at least 4 members (excludes halogenated alkanes) is 3. The zero-order valence-corrected chi connectivity index (χ0v) is 65.1. The van der Waals surface area contributed by atoms with Gasteiger partial charge in [0.25, 0.3) is 6.71 Å². The van der Waals surface area contributed by atoms with Crippen LogP contribution in [-0.4, -0.2) is 13.4 Å². The Kier molecular flexibility index (Phi) is 18.7. The zero-order valence-electron chi connectivity index (χ0n) is 52.6. The summed E-state index contributed by atoms with van der Waals surface area (Å²) in [6.07, 6.45) is 10.1. The van der Waals surface area contributed by atoms with Crippen LogP contribution >= 0.6 is 136 Å². The normalized spacial score (nSPS) is 13.1. The SMILES string of the molecule is CCCCc1ccc(N(c2ccc(I)cc2)c2cc3c4c(c2)N(c2ccc(I)cc2)c2cc5c(cc2B4c2c(I)cc(C)cc2S3)B2c3c(CCCC)cc(C)cc3Sc3cc(N(c4ccc(I)cc4)c4ccc(CCCC)cc4)cc(c32)N5c2ccc(I)cc2)cc1. The van der Waals surface area contributed by atoms with E-state index in [1.807, 2.05) is 23.5 Å². The zero-order chi connectivity index (χ0) is 63.8. The molecule has 11 aromatic rings. The van der Waals surface area contributed by atoms with Gasteiger partial charge in [0.15, 0.2) is 0 Å². The fourth-order valence-electron chi connectivity index (χ4n) is 14.5. The summed E-state index contributed by atoms with van der Waals surface area (Å²) in [5.41, 5.74) is 29.1. The molecule has 4 nitrogen and oxygen atoms in total. The number of rotatable bonds is 17. The van der Waals surface area contributed by atoms with Gasteiger partial charge in [-0.2, -0.15) is 0 Å². The molecule has 0 aliphatic carbocycles. The molecule has 4 aliphatic heterocycles. The molecule has 4 aliphatic rings. The van der Waals surface area contributed by atoms with Gasteiger partial charge in [-0.1, -0.05) is 111 Å². The summed E-state index contributed by atoms with van der Waals surface area (Å²) >= 11 is 16.5. The first-order chi connectivity index (χ1) is 45.3. The molecule has 0 bridgehead atoms. The van der Waals surface area contributed by atoms with E-state index in [2.05, 4.69) is 373 Å². The minimum absolute atomic E-state index is 0.0434. The highest BCUT2D eigenvalue weighted by Gasteiger charge is 2.48. The molecule has 460 valence electrons. The molecule has 0 atom stereocenters. The second-order valence-electron chi connectivity index (χ2n) is 25.2. The number of aryl methyl sites for hydroxylation is 5. The van der Waals surface area contributed by atoms with E-state index in [-0.39, 0.29) is 13.4 Å². The fourth-order valence-corrected chi connectivity index (χ4v) is 19.9. The van der Waals surface area contributed by atoms with Gasteiger partial charge in [0.2, 0.25) is 6.71 Å². The third-order valence-electron chi connectivity index (χ3n) is 18.9. The van der Waals surface area contributed by atoms with E-state index in [4.69, 9.17) is 0 Å². The average molecular weight is 1800 g/mol. The predicted octanol–water partition coefficient (Wildman–Crippen LogP) is 21.8. The lowest BCUT2D eigenvalue weighted by molar-refractivity contribution is 0.795. The monoisotopic (exact) mass is 1800 g/mol. The summed E-state index contributed by atoms with van der Waals surface area (Å²) in [5, 5.41) is 0. The van der Waals surface area contributed by atoms with Gasteiger partial charge in [0, 0.05) is 106 Å². The lowest BCUT2D eigenvalue weighted by atomic mass is 9.31. The van der Waals surface area contributed by atoms with Crippen LogP contribution in [0.1, 0.15) is 87.1 Å². The maximum absolute atomic E-state index is 2.72. The van der Waals surface area contributed by atoms with Crippen molar-refractivity contribution in [1.29, 1.82) is 0 Å². The van der Waals surface area contributed by atoms with Crippen molar-refractivity contribution < 1.29 is 0 Å². The highest BCUT2D eigenvalue weighted by Crippen LogP contribution is 2.51. The molecule has 0 saturated carbocycles. The quantitative estimate of drug-likeness (QED) is 0.0661. The van der Waals surface area contributed by atoms with Crippen molar-refractivity contribution in [3.63, 3.8) is 0 Å². The first-order valence-corrected chi connectivity index (χ1v) is 39.6. The van der Waals surface area contributed by atoms with E-state index in [9.17, 15) is 0 Å². The minimum atomic E-state index is -0.0568. The van der Waals surface area contributed by atoms with E-state index in [0.717, 1.165) is 77.6 Å². The Bertz CT molecular complexity index is 4680. The van der Waals surface area contributed by atoms with Crippen molar-refractivity contribution in [2.75, 3.05) is 19.6 Å². The highest BCUT2D eigenvalue weighted by molar-refractivity contribution is 14.1. The van der Waals surface area contributed by atoms with Gasteiger partial charge in [0.05, 0.1) is 0 Å². The lowest BCUT2D eigenvalue weighted by Crippen LogP contribution is -2.65. The molecule has 0 unspecified atom stereocenters. The molecule has 0 radical (unpaired) electrons. The van der Waals surface area contributed by atoms with Crippen LogP contribution in [0.2, 0.25) is 0 Å². The van der Waals surface area contributed by atoms with E-state index >= 15 is 0 Å². The number of halogens is 5. The molecule has 0 saturated heterocycles. The smallest absolute Gasteiger partial charge is 0.250 e. The standard InChI is InChI=1S/C80H67B2I5N4S2/c1-6-9-12-51-15-27-58(28-16-51)88(60-31-19-54(83)20-32-60)64-43-71-79-75(45-64)92-73-41-49(4)39-53(14-11-8-3)77(73)81(79)66-47-67-70(48-69(66)90(71)62-35-23-56(85)24-36-62)91(63-37-25-57(86)26-38-63)72-44-65(46-76-80(72)82(67)78-68(87)40-50(5)42-74(78)93-76)89(61-33-21-55(84)22-34-61)59-29-17-52(18-30-59)13-10-7-2/h15-48H,6-14H2,1-5H3. The molecule has 13 heteroatoms. The number of nitrogens with zero attached hydrogens (tertiary/aromatic N) is 4. The molecule has 11 aromatic carbocycles. The third kappa shape index (κ3) is 12.2. The van der Waals surface area contributed by atoms with Gasteiger partial charge < -0.3 is 19.6 Å². The predicted molar refractivity (Wildman–Crippen MR) is 445 cm³/mol. The van der Waals surface area contributed by atoms with Crippen LogP contribution in [0.3, 0.4) is 0 Å². The van der Waals surface area contributed by atoms with Crippen molar-refractivity contribution in [2.24, 2.45) is 0 Å². The Hall–Kier alpha value is -4.90. The summed E-state index contributed by atoms with van der Waals surface area (Å²) in [5.74, 6) is 0. The number of fused-ring (bicyclic) bond motifs is 8. The van der Waals surface area contributed by atoms with Gasteiger partial charge in [-0.25, -0.2) is 0 Å².